The maximum Gasteiger partial charge on any atom is 0.291 e. The van der Waals surface area contributed by atoms with Crippen LogP contribution in [0.15, 0.2) is 52.9 Å². The zero-order valence-electron chi connectivity index (χ0n) is 10.3. The number of anilines is 1. The van der Waals surface area contributed by atoms with E-state index in [4.69, 9.17) is 9.52 Å². The molecule has 2 N–H and O–H groups in total. The van der Waals surface area contributed by atoms with Crippen LogP contribution in [0.25, 0.3) is 11.0 Å². The third kappa shape index (κ3) is 2.21. The predicted octanol–water partition coefficient (Wildman–Crippen LogP) is 3.53. The number of nitrogens with one attached hydrogen (secondary N) is 1. The van der Waals surface area contributed by atoms with Gasteiger partial charge in [0.15, 0.2) is 5.76 Å². The normalized spacial score (nSPS) is 10.7. The van der Waals surface area contributed by atoms with Crippen molar-refractivity contribution in [1.29, 1.82) is 0 Å². The first-order chi connectivity index (χ1) is 9.63. The predicted molar refractivity (Wildman–Crippen MR) is 72.2 cm³/mol. The van der Waals surface area contributed by atoms with Crippen molar-refractivity contribution in [2.75, 3.05) is 5.32 Å². The minimum absolute atomic E-state index is 0.0201. The Morgan fingerprint density at radius 1 is 1.15 bits per heavy atom. The number of halogens is 1. The lowest BCUT2D eigenvalue weighted by Gasteiger charge is -2.04. The van der Waals surface area contributed by atoms with E-state index in [1.54, 1.807) is 18.2 Å². The Morgan fingerprint density at radius 2 is 1.95 bits per heavy atom. The van der Waals surface area contributed by atoms with Crippen molar-refractivity contribution < 1.29 is 18.7 Å². The molecule has 1 amide bonds. The molecule has 0 saturated heterocycles. The van der Waals surface area contributed by atoms with Crippen LogP contribution in [0, 0.1) is 5.82 Å². The van der Waals surface area contributed by atoms with Gasteiger partial charge in [0.2, 0.25) is 0 Å². The topological polar surface area (TPSA) is 62.5 Å². The van der Waals surface area contributed by atoms with Crippen LogP contribution in [0.5, 0.6) is 5.75 Å². The van der Waals surface area contributed by atoms with Gasteiger partial charge < -0.3 is 14.8 Å². The standard InChI is InChI=1S/C15H10FNO3/c16-11-8-10(18)5-6-12(11)17-15(19)14-7-9-3-1-2-4-13(9)20-14/h1-8,18H,(H,17,19). The number of carbonyl (C=O) groups is 1. The van der Waals surface area contributed by atoms with Crippen LogP contribution in [0.1, 0.15) is 10.6 Å². The fourth-order valence-electron chi connectivity index (χ4n) is 1.88. The lowest BCUT2D eigenvalue weighted by molar-refractivity contribution is 0.0998. The van der Waals surface area contributed by atoms with E-state index in [-0.39, 0.29) is 17.2 Å². The smallest absolute Gasteiger partial charge is 0.291 e. The van der Waals surface area contributed by atoms with Crippen molar-refractivity contribution in [2.24, 2.45) is 0 Å². The number of fused-ring (bicyclic) bond motifs is 1. The van der Waals surface area contributed by atoms with Gasteiger partial charge in [-0.1, -0.05) is 18.2 Å². The monoisotopic (exact) mass is 271 g/mol. The number of hydrogen-bond acceptors (Lipinski definition) is 3. The third-order valence-electron chi connectivity index (χ3n) is 2.85. The van der Waals surface area contributed by atoms with Crippen molar-refractivity contribution in [3.8, 4) is 5.75 Å². The Hall–Kier alpha value is -2.82. The molecule has 0 aliphatic heterocycles. The number of para-hydroxylation sites is 1. The lowest BCUT2D eigenvalue weighted by Crippen LogP contribution is -2.11. The second kappa shape index (κ2) is 4.70. The Bertz CT molecular complexity index is 762. The van der Waals surface area contributed by atoms with Gasteiger partial charge in [-0.2, -0.15) is 0 Å². The summed E-state index contributed by atoms with van der Waals surface area (Å²) in [5, 5.41) is 12.3. The summed E-state index contributed by atoms with van der Waals surface area (Å²) in [5.74, 6) is -1.37. The molecule has 20 heavy (non-hydrogen) atoms. The van der Waals surface area contributed by atoms with Crippen LogP contribution in [0.2, 0.25) is 0 Å². The van der Waals surface area contributed by atoms with Gasteiger partial charge in [0.05, 0.1) is 5.69 Å². The molecule has 0 aliphatic carbocycles. The molecule has 3 rings (SSSR count). The summed E-state index contributed by atoms with van der Waals surface area (Å²) < 4.78 is 18.9. The highest BCUT2D eigenvalue weighted by Crippen LogP contribution is 2.22. The number of amides is 1. The zero-order valence-corrected chi connectivity index (χ0v) is 10.3. The van der Waals surface area contributed by atoms with E-state index < -0.39 is 11.7 Å². The average Bonchev–Trinajstić information content (AvgIpc) is 2.86. The van der Waals surface area contributed by atoms with Crippen LogP contribution in [-0.2, 0) is 0 Å². The van der Waals surface area contributed by atoms with E-state index in [2.05, 4.69) is 5.32 Å². The Labute approximate surface area is 113 Å². The van der Waals surface area contributed by atoms with Crippen LogP contribution >= 0.6 is 0 Å². The molecule has 0 aliphatic rings. The highest BCUT2D eigenvalue weighted by atomic mass is 19.1. The molecule has 0 atom stereocenters. The van der Waals surface area contributed by atoms with E-state index in [1.165, 1.54) is 12.1 Å². The highest BCUT2D eigenvalue weighted by Gasteiger charge is 2.14. The number of phenols is 1. The van der Waals surface area contributed by atoms with Gasteiger partial charge in [-0.25, -0.2) is 4.39 Å². The maximum absolute atomic E-state index is 13.5. The summed E-state index contributed by atoms with van der Waals surface area (Å²) in [7, 11) is 0. The van der Waals surface area contributed by atoms with Crippen molar-refractivity contribution in [3.63, 3.8) is 0 Å². The second-order valence-corrected chi connectivity index (χ2v) is 4.27. The molecule has 4 nitrogen and oxygen atoms in total. The Kier molecular flexibility index (Phi) is 2.87. The molecule has 0 unspecified atom stereocenters. The zero-order chi connectivity index (χ0) is 14.1. The van der Waals surface area contributed by atoms with Crippen molar-refractivity contribution in [2.45, 2.75) is 0 Å². The molecular weight excluding hydrogens is 261 g/mol. The van der Waals surface area contributed by atoms with Crippen LogP contribution in [0.4, 0.5) is 10.1 Å². The van der Waals surface area contributed by atoms with Gasteiger partial charge in [0, 0.05) is 11.5 Å². The number of aromatic hydroxyl groups is 1. The fourth-order valence-corrected chi connectivity index (χ4v) is 1.88. The molecule has 100 valence electrons. The summed E-state index contributed by atoms with van der Waals surface area (Å²) >= 11 is 0. The summed E-state index contributed by atoms with van der Waals surface area (Å²) in [4.78, 5) is 12.0. The van der Waals surface area contributed by atoms with Gasteiger partial charge in [-0.3, -0.25) is 4.79 Å². The lowest BCUT2D eigenvalue weighted by atomic mass is 10.2. The fraction of sp³-hybridized carbons (Fsp3) is 0. The number of benzene rings is 2. The first-order valence-corrected chi connectivity index (χ1v) is 5.92. The van der Waals surface area contributed by atoms with Gasteiger partial charge in [0.25, 0.3) is 5.91 Å². The molecule has 0 saturated carbocycles. The number of carbonyl (C=O) groups excluding carboxylic acids is 1. The van der Waals surface area contributed by atoms with Crippen LogP contribution in [-0.4, -0.2) is 11.0 Å². The van der Waals surface area contributed by atoms with Gasteiger partial charge in [0.1, 0.15) is 17.1 Å². The maximum atomic E-state index is 13.5. The van der Waals surface area contributed by atoms with E-state index >= 15 is 0 Å². The highest BCUT2D eigenvalue weighted by molar-refractivity contribution is 6.04. The van der Waals surface area contributed by atoms with Crippen molar-refractivity contribution >= 4 is 22.6 Å². The first kappa shape index (κ1) is 12.2. The summed E-state index contributed by atoms with van der Waals surface area (Å²) in [5.41, 5.74) is 0.567. The van der Waals surface area contributed by atoms with E-state index in [0.29, 0.717) is 5.58 Å². The summed E-state index contributed by atoms with van der Waals surface area (Å²) in [6, 6.07) is 12.3. The SMILES string of the molecule is O=C(Nc1ccc(O)cc1F)c1cc2ccccc2o1. The second-order valence-electron chi connectivity index (χ2n) is 4.27. The molecule has 0 fully saturated rings. The number of furan rings is 1. The quantitative estimate of drug-likeness (QED) is 0.701. The van der Waals surface area contributed by atoms with Crippen molar-refractivity contribution in [1.82, 2.24) is 0 Å². The molecule has 0 spiro atoms. The molecule has 0 bridgehead atoms. The van der Waals surface area contributed by atoms with Gasteiger partial charge >= 0.3 is 0 Å². The Balaban J connectivity index is 1.89. The molecular formula is C15H10FNO3. The van der Waals surface area contributed by atoms with Crippen LogP contribution in [0.3, 0.4) is 0 Å². The van der Waals surface area contributed by atoms with E-state index in [0.717, 1.165) is 11.5 Å². The van der Waals surface area contributed by atoms with E-state index in [1.807, 2.05) is 12.1 Å². The molecule has 1 heterocycles. The molecule has 1 aromatic heterocycles. The number of rotatable bonds is 2. The molecule has 2 aromatic carbocycles. The molecule has 0 radical (unpaired) electrons. The minimum Gasteiger partial charge on any atom is -0.508 e. The number of phenolic OH excluding ortho intramolecular Hbond substituents is 1. The minimum atomic E-state index is -0.713. The summed E-state index contributed by atoms with van der Waals surface area (Å²) in [6.45, 7) is 0. The van der Waals surface area contributed by atoms with Gasteiger partial charge in [-0.15, -0.1) is 0 Å². The average molecular weight is 271 g/mol. The first-order valence-electron chi connectivity index (χ1n) is 5.92. The number of hydrogen-bond donors (Lipinski definition) is 2. The van der Waals surface area contributed by atoms with Gasteiger partial charge in [-0.05, 0) is 24.3 Å². The van der Waals surface area contributed by atoms with Crippen LogP contribution < -0.4 is 5.32 Å². The molecule has 5 heteroatoms. The Morgan fingerprint density at radius 3 is 2.70 bits per heavy atom. The summed E-state index contributed by atoms with van der Waals surface area (Å²) in [6.07, 6.45) is 0. The molecule has 3 aromatic rings. The van der Waals surface area contributed by atoms with Crippen molar-refractivity contribution in [3.05, 3.63) is 60.1 Å². The third-order valence-corrected chi connectivity index (χ3v) is 2.85. The van der Waals surface area contributed by atoms with E-state index in [9.17, 15) is 9.18 Å². The largest absolute Gasteiger partial charge is 0.508 e.